The van der Waals surface area contributed by atoms with Crippen molar-refractivity contribution in [1.29, 1.82) is 0 Å². The van der Waals surface area contributed by atoms with Crippen molar-refractivity contribution in [2.45, 2.75) is 6.42 Å². The van der Waals surface area contributed by atoms with Gasteiger partial charge in [0.2, 0.25) is 16.0 Å². The highest BCUT2D eigenvalue weighted by Crippen LogP contribution is 2.19. The first-order valence-corrected chi connectivity index (χ1v) is 4.91. The fourth-order valence-electron chi connectivity index (χ4n) is 0.692. The molecule has 0 saturated heterocycles. The van der Waals surface area contributed by atoms with E-state index < -0.39 is 28.2 Å². The summed E-state index contributed by atoms with van der Waals surface area (Å²) < 4.78 is 58.8. The van der Waals surface area contributed by atoms with Crippen LogP contribution in [-0.4, -0.2) is 31.4 Å². The number of sulfonamides is 1. The second-order valence-corrected chi connectivity index (χ2v) is 4.19. The van der Waals surface area contributed by atoms with Crippen LogP contribution in [0, 0.1) is 0 Å². The van der Waals surface area contributed by atoms with Gasteiger partial charge in [0, 0.05) is 0 Å². The van der Waals surface area contributed by atoms with Gasteiger partial charge in [0.15, 0.2) is 5.83 Å². The van der Waals surface area contributed by atoms with E-state index in [9.17, 15) is 21.6 Å². The van der Waals surface area contributed by atoms with E-state index >= 15 is 0 Å². The van der Waals surface area contributed by atoms with Crippen molar-refractivity contribution in [3.05, 3.63) is 12.0 Å². The molecule has 1 atom stereocenters. The second-order valence-electron chi connectivity index (χ2n) is 2.30. The van der Waals surface area contributed by atoms with Gasteiger partial charge in [0.05, 0.1) is 12.5 Å². The van der Waals surface area contributed by atoms with E-state index in [-0.39, 0.29) is 10.5 Å². The molecule has 0 spiro atoms. The molecule has 8 heteroatoms. The molecule has 0 fully saturated rings. The molecule has 1 aliphatic rings. The molecule has 4 nitrogen and oxygen atoms in total. The van der Waals surface area contributed by atoms with Gasteiger partial charge >= 0.3 is 0 Å². The van der Waals surface area contributed by atoms with Crippen molar-refractivity contribution in [2.75, 3.05) is 6.26 Å². The van der Waals surface area contributed by atoms with E-state index in [4.69, 9.17) is 0 Å². The van der Waals surface area contributed by atoms with Gasteiger partial charge in [-0.05, 0) is 0 Å². The minimum atomic E-state index is -3.96. The Hall–Kier alpha value is -1.05. The molecule has 1 rings (SSSR count). The number of alkyl halides is 1. The molecule has 0 radical (unpaired) electrons. The van der Waals surface area contributed by atoms with Gasteiger partial charge in [-0.25, -0.2) is 17.1 Å². The normalized spacial score (nSPS) is 24.0. The highest BCUT2D eigenvalue weighted by molar-refractivity contribution is 7.88. The lowest BCUT2D eigenvalue weighted by atomic mass is 10.5. The maximum Gasteiger partial charge on any atom is 0.281 e. The van der Waals surface area contributed by atoms with Gasteiger partial charge < -0.3 is 0 Å². The van der Waals surface area contributed by atoms with Crippen molar-refractivity contribution in [1.82, 2.24) is 4.31 Å². The lowest BCUT2D eigenvalue weighted by molar-refractivity contribution is 0.209. The minimum absolute atomic E-state index is 0.00852. The van der Waals surface area contributed by atoms with Crippen LogP contribution in [0.5, 0.6) is 0 Å². The van der Waals surface area contributed by atoms with Crippen LogP contribution < -0.4 is 0 Å². The van der Waals surface area contributed by atoms with Crippen molar-refractivity contribution in [2.24, 2.45) is 4.99 Å². The summed E-state index contributed by atoms with van der Waals surface area (Å²) in [5.41, 5.74) is 0. The van der Waals surface area contributed by atoms with Gasteiger partial charge in [-0.2, -0.15) is 13.8 Å². The quantitative estimate of drug-likeness (QED) is 0.603. The molecule has 0 aromatic heterocycles. The van der Waals surface area contributed by atoms with E-state index in [0.29, 0.717) is 6.26 Å². The predicted molar refractivity (Wildman–Crippen MR) is 39.3 cm³/mol. The SMILES string of the molecule is CS(=O)(=O)N1C=C(F)C(F)=NC1F. The Bertz CT molecular complexity index is 375. The summed E-state index contributed by atoms with van der Waals surface area (Å²) in [5.74, 6) is -3.16. The molecule has 1 heterocycles. The highest BCUT2D eigenvalue weighted by atomic mass is 32.2. The van der Waals surface area contributed by atoms with Crippen LogP contribution in [0.15, 0.2) is 17.0 Å². The fourth-order valence-corrected chi connectivity index (χ4v) is 1.34. The lowest BCUT2D eigenvalue weighted by Gasteiger charge is -2.21. The predicted octanol–water partition coefficient (Wildman–Crippen LogP) is 0.694. The molecule has 13 heavy (non-hydrogen) atoms. The van der Waals surface area contributed by atoms with Crippen molar-refractivity contribution in [3.8, 4) is 0 Å². The van der Waals surface area contributed by atoms with Crippen LogP contribution in [-0.2, 0) is 10.0 Å². The third-order valence-corrected chi connectivity index (χ3v) is 2.30. The van der Waals surface area contributed by atoms with E-state index in [2.05, 4.69) is 4.99 Å². The summed E-state index contributed by atoms with van der Waals surface area (Å²) in [4.78, 5) is 2.50. The smallest absolute Gasteiger partial charge is 0.223 e. The van der Waals surface area contributed by atoms with E-state index in [0.717, 1.165) is 0 Å². The van der Waals surface area contributed by atoms with Crippen LogP contribution in [0.4, 0.5) is 13.2 Å². The Morgan fingerprint density at radius 1 is 1.54 bits per heavy atom. The molecule has 0 aliphatic carbocycles. The number of halogens is 3. The fraction of sp³-hybridized carbons (Fsp3) is 0.400. The van der Waals surface area contributed by atoms with E-state index in [1.807, 2.05) is 0 Å². The minimum Gasteiger partial charge on any atom is -0.223 e. The summed E-state index contributed by atoms with van der Waals surface area (Å²) in [6.07, 6.45) is -1.57. The molecule has 0 N–H and O–H groups in total. The molecular weight excluding hydrogens is 209 g/mol. The van der Waals surface area contributed by atoms with Crippen LogP contribution in [0.2, 0.25) is 0 Å². The van der Waals surface area contributed by atoms with Gasteiger partial charge in [-0.1, -0.05) is 0 Å². The first-order valence-electron chi connectivity index (χ1n) is 3.06. The second kappa shape index (κ2) is 3.02. The summed E-state index contributed by atoms with van der Waals surface area (Å²) in [5, 5.41) is 0. The first kappa shape index (κ1) is 10.0. The lowest BCUT2D eigenvalue weighted by Crippen LogP contribution is -2.34. The average Bonchev–Trinajstić information content (AvgIpc) is 1.94. The molecule has 0 bridgehead atoms. The Labute approximate surface area is 72.4 Å². The van der Waals surface area contributed by atoms with Crippen molar-refractivity contribution < 1.29 is 21.6 Å². The van der Waals surface area contributed by atoms with Gasteiger partial charge in [0.25, 0.3) is 6.42 Å². The Kier molecular flexibility index (Phi) is 2.33. The van der Waals surface area contributed by atoms with Gasteiger partial charge in [-0.3, -0.25) is 0 Å². The maximum absolute atomic E-state index is 12.7. The van der Waals surface area contributed by atoms with Crippen LogP contribution in [0.1, 0.15) is 0 Å². The molecule has 0 amide bonds. The number of rotatable bonds is 1. The summed E-state index contributed by atoms with van der Waals surface area (Å²) in [6.45, 7) is 0. The number of hydrogen-bond donors (Lipinski definition) is 0. The van der Waals surface area contributed by atoms with Crippen molar-refractivity contribution >= 4 is 16.0 Å². The zero-order chi connectivity index (χ0) is 10.2. The number of hydrogen-bond acceptors (Lipinski definition) is 3. The Balaban J connectivity index is 3.08. The Morgan fingerprint density at radius 2 is 2.08 bits per heavy atom. The monoisotopic (exact) mass is 214 g/mol. The van der Waals surface area contributed by atoms with E-state index in [1.54, 1.807) is 0 Å². The Morgan fingerprint density at radius 3 is 2.54 bits per heavy atom. The standard InChI is InChI=1S/C5H5F3N2O2S/c1-13(11,12)10-2-3(6)4(7)9-5(10)8/h2,5H,1H3. The molecule has 74 valence electrons. The molecular formula is C5H5F3N2O2S. The van der Waals surface area contributed by atoms with Gasteiger partial charge in [-0.15, -0.1) is 0 Å². The maximum atomic E-state index is 12.7. The first-order chi connectivity index (χ1) is 5.82. The third-order valence-electron chi connectivity index (χ3n) is 1.25. The zero-order valence-electron chi connectivity index (χ0n) is 6.41. The molecule has 1 aliphatic heterocycles. The summed E-state index contributed by atoms with van der Waals surface area (Å²) in [7, 11) is -3.96. The van der Waals surface area contributed by atoms with Crippen LogP contribution in [0.3, 0.4) is 0 Å². The molecule has 0 saturated carbocycles. The number of aliphatic imine (C=N–C) groups is 1. The number of allylic oxidation sites excluding steroid dienone is 1. The van der Waals surface area contributed by atoms with E-state index in [1.165, 1.54) is 0 Å². The zero-order valence-corrected chi connectivity index (χ0v) is 7.22. The van der Waals surface area contributed by atoms with Gasteiger partial charge in [0.1, 0.15) is 0 Å². The average molecular weight is 214 g/mol. The molecule has 0 aromatic carbocycles. The topological polar surface area (TPSA) is 49.7 Å². The van der Waals surface area contributed by atoms with Crippen LogP contribution in [0.25, 0.3) is 0 Å². The molecule has 1 unspecified atom stereocenters. The summed E-state index contributed by atoms with van der Waals surface area (Å²) in [6, 6.07) is 0. The largest absolute Gasteiger partial charge is 0.281 e. The number of nitrogens with zero attached hydrogens (tertiary/aromatic N) is 2. The highest BCUT2D eigenvalue weighted by Gasteiger charge is 2.29. The molecule has 0 aromatic rings. The summed E-state index contributed by atoms with van der Waals surface area (Å²) >= 11 is 0. The third kappa shape index (κ3) is 2.00. The van der Waals surface area contributed by atoms with Crippen LogP contribution >= 0.6 is 0 Å². The van der Waals surface area contributed by atoms with Crippen molar-refractivity contribution in [3.63, 3.8) is 0 Å².